The first-order valence-electron chi connectivity index (χ1n) is 7.26. The van der Waals surface area contributed by atoms with Crippen molar-refractivity contribution in [1.29, 1.82) is 0 Å². The molecule has 25 heavy (non-hydrogen) atoms. The lowest BCUT2D eigenvalue weighted by atomic mass is 10.2. The average molecular weight is 485 g/mol. The van der Waals surface area contributed by atoms with Crippen molar-refractivity contribution in [3.05, 3.63) is 52.2 Å². The van der Waals surface area contributed by atoms with Crippen LogP contribution in [0, 0.1) is 0 Å². The lowest BCUT2D eigenvalue weighted by molar-refractivity contribution is -0.137. The first-order valence-corrected chi connectivity index (χ1v) is 8.14. The molecule has 9 heteroatoms. The molecule has 1 aromatic carbocycles. The fraction of sp³-hybridized carbons (Fsp3) is 0.312. The second kappa shape index (κ2) is 10.5. The number of ether oxygens (including phenoxy) is 1. The van der Waals surface area contributed by atoms with Crippen LogP contribution in [0.25, 0.3) is 0 Å². The van der Waals surface area contributed by atoms with Crippen molar-refractivity contribution >= 4 is 41.3 Å². The van der Waals surface area contributed by atoms with E-state index in [1.807, 2.05) is 17.5 Å². The van der Waals surface area contributed by atoms with Gasteiger partial charge in [-0.05, 0) is 35.7 Å². The summed E-state index contributed by atoms with van der Waals surface area (Å²) in [6.45, 7) is 1.47. The molecule has 1 heterocycles. The molecule has 2 rings (SSSR count). The van der Waals surface area contributed by atoms with Crippen LogP contribution < -0.4 is 15.4 Å². The summed E-state index contributed by atoms with van der Waals surface area (Å²) < 4.78 is 42.8. The highest BCUT2D eigenvalue weighted by atomic mass is 127. The third kappa shape index (κ3) is 7.51. The first kappa shape index (κ1) is 21.6. The van der Waals surface area contributed by atoms with E-state index in [4.69, 9.17) is 4.74 Å². The van der Waals surface area contributed by atoms with Gasteiger partial charge in [0.05, 0.1) is 18.7 Å². The SMILES string of the molecule is CN=C(NCCOc1ccc(C(F)(F)F)cc1)NCc1cccs1.I. The quantitative estimate of drug-likeness (QED) is 0.280. The highest BCUT2D eigenvalue weighted by Gasteiger charge is 2.29. The van der Waals surface area contributed by atoms with E-state index in [-0.39, 0.29) is 24.0 Å². The summed E-state index contributed by atoms with van der Waals surface area (Å²) in [4.78, 5) is 5.28. The van der Waals surface area contributed by atoms with Crippen LogP contribution in [0.2, 0.25) is 0 Å². The standard InChI is InChI=1S/C16H18F3N3OS.HI/c1-20-15(22-11-14-3-2-10-24-14)21-8-9-23-13-6-4-12(5-7-13)16(17,18)19;/h2-7,10H,8-9,11H2,1H3,(H2,20,21,22);1H. The third-order valence-corrected chi connectivity index (χ3v) is 3.96. The minimum Gasteiger partial charge on any atom is -0.492 e. The van der Waals surface area contributed by atoms with Gasteiger partial charge < -0.3 is 15.4 Å². The van der Waals surface area contributed by atoms with Gasteiger partial charge in [0, 0.05) is 11.9 Å². The van der Waals surface area contributed by atoms with E-state index in [9.17, 15) is 13.2 Å². The van der Waals surface area contributed by atoms with E-state index in [0.29, 0.717) is 31.4 Å². The van der Waals surface area contributed by atoms with Gasteiger partial charge in [-0.2, -0.15) is 13.2 Å². The molecule has 0 atom stereocenters. The van der Waals surface area contributed by atoms with Gasteiger partial charge in [0.2, 0.25) is 0 Å². The molecule has 1 aromatic heterocycles. The molecule has 0 saturated heterocycles. The van der Waals surface area contributed by atoms with Crippen LogP contribution >= 0.6 is 35.3 Å². The van der Waals surface area contributed by atoms with Crippen molar-refractivity contribution in [2.75, 3.05) is 20.2 Å². The Morgan fingerprint density at radius 3 is 2.44 bits per heavy atom. The Morgan fingerprint density at radius 2 is 1.88 bits per heavy atom. The van der Waals surface area contributed by atoms with E-state index >= 15 is 0 Å². The third-order valence-electron chi connectivity index (χ3n) is 3.08. The predicted molar refractivity (Wildman–Crippen MR) is 105 cm³/mol. The van der Waals surface area contributed by atoms with Crippen molar-refractivity contribution < 1.29 is 17.9 Å². The Balaban J connectivity index is 0.00000312. The fourth-order valence-electron chi connectivity index (χ4n) is 1.88. The van der Waals surface area contributed by atoms with Crippen molar-refractivity contribution in [3.8, 4) is 5.75 Å². The first-order chi connectivity index (χ1) is 11.5. The second-order valence-corrected chi connectivity index (χ2v) is 5.83. The van der Waals surface area contributed by atoms with E-state index in [1.165, 1.54) is 17.0 Å². The zero-order valence-electron chi connectivity index (χ0n) is 13.5. The van der Waals surface area contributed by atoms with Crippen LogP contribution in [0.1, 0.15) is 10.4 Å². The summed E-state index contributed by atoms with van der Waals surface area (Å²) in [5.41, 5.74) is -0.689. The Kier molecular flexibility index (Phi) is 9.04. The van der Waals surface area contributed by atoms with Crippen LogP contribution in [-0.4, -0.2) is 26.2 Å². The maximum atomic E-state index is 12.5. The van der Waals surface area contributed by atoms with E-state index in [2.05, 4.69) is 15.6 Å². The number of guanidine groups is 1. The van der Waals surface area contributed by atoms with Gasteiger partial charge in [0.1, 0.15) is 12.4 Å². The summed E-state index contributed by atoms with van der Waals surface area (Å²) in [5, 5.41) is 8.24. The topological polar surface area (TPSA) is 45.7 Å². The molecular weight excluding hydrogens is 466 g/mol. The van der Waals surface area contributed by atoms with Crippen LogP contribution in [0.15, 0.2) is 46.8 Å². The maximum Gasteiger partial charge on any atom is 0.416 e. The monoisotopic (exact) mass is 485 g/mol. The number of hydrogen-bond donors (Lipinski definition) is 2. The number of rotatable bonds is 6. The van der Waals surface area contributed by atoms with Crippen molar-refractivity contribution in [2.24, 2.45) is 4.99 Å². The molecule has 0 saturated carbocycles. The molecule has 2 N–H and O–H groups in total. The maximum absolute atomic E-state index is 12.5. The number of halogens is 4. The number of nitrogens with zero attached hydrogens (tertiary/aromatic N) is 1. The molecule has 0 unspecified atom stereocenters. The number of benzene rings is 1. The van der Waals surface area contributed by atoms with E-state index in [1.54, 1.807) is 18.4 Å². The molecule has 0 bridgehead atoms. The normalized spacial score (nSPS) is 11.6. The van der Waals surface area contributed by atoms with Crippen molar-refractivity contribution in [1.82, 2.24) is 10.6 Å². The molecule has 138 valence electrons. The van der Waals surface area contributed by atoms with Gasteiger partial charge in [-0.25, -0.2) is 0 Å². The highest BCUT2D eigenvalue weighted by Crippen LogP contribution is 2.30. The largest absolute Gasteiger partial charge is 0.492 e. The lowest BCUT2D eigenvalue weighted by Gasteiger charge is -2.12. The molecule has 0 amide bonds. The van der Waals surface area contributed by atoms with Gasteiger partial charge in [-0.1, -0.05) is 6.07 Å². The summed E-state index contributed by atoms with van der Waals surface area (Å²) in [6.07, 6.45) is -4.33. The summed E-state index contributed by atoms with van der Waals surface area (Å²) in [5.74, 6) is 1.03. The molecule has 4 nitrogen and oxygen atoms in total. The van der Waals surface area contributed by atoms with Gasteiger partial charge in [0.25, 0.3) is 0 Å². The molecule has 0 spiro atoms. The molecule has 0 aliphatic carbocycles. The minimum absolute atomic E-state index is 0. The fourth-order valence-corrected chi connectivity index (χ4v) is 2.53. The van der Waals surface area contributed by atoms with Crippen LogP contribution in [0.5, 0.6) is 5.75 Å². The molecule has 2 aromatic rings. The van der Waals surface area contributed by atoms with E-state index < -0.39 is 11.7 Å². The Labute approximate surface area is 165 Å². The Bertz CT molecular complexity index is 646. The summed E-state index contributed by atoms with van der Waals surface area (Å²) in [6, 6.07) is 8.64. The smallest absolute Gasteiger partial charge is 0.416 e. The number of thiophene rings is 1. The summed E-state index contributed by atoms with van der Waals surface area (Å²) in [7, 11) is 1.67. The highest BCUT2D eigenvalue weighted by molar-refractivity contribution is 14.0. The van der Waals surface area contributed by atoms with Gasteiger partial charge in [-0.3, -0.25) is 4.99 Å². The van der Waals surface area contributed by atoms with Crippen LogP contribution in [0.3, 0.4) is 0 Å². The number of nitrogens with one attached hydrogen (secondary N) is 2. The number of aliphatic imine (C=N–C) groups is 1. The second-order valence-electron chi connectivity index (χ2n) is 4.80. The molecular formula is C16H19F3IN3OS. The molecule has 0 radical (unpaired) electrons. The van der Waals surface area contributed by atoms with Gasteiger partial charge in [0.15, 0.2) is 5.96 Å². The van der Waals surface area contributed by atoms with Crippen LogP contribution in [-0.2, 0) is 12.7 Å². The Morgan fingerprint density at radius 1 is 1.16 bits per heavy atom. The average Bonchev–Trinajstić information content (AvgIpc) is 3.07. The Hall–Kier alpha value is -1.49. The number of alkyl halides is 3. The van der Waals surface area contributed by atoms with E-state index in [0.717, 1.165) is 12.1 Å². The molecule has 0 aliphatic rings. The summed E-state index contributed by atoms with van der Waals surface area (Å²) >= 11 is 1.65. The zero-order chi connectivity index (χ0) is 17.4. The number of hydrogen-bond acceptors (Lipinski definition) is 3. The predicted octanol–water partition coefficient (Wildman–Crippen LogP) is 4.13. The zero-order valence-corrected chi connectivity index (χ0v) is 16.6. The molecule has 0 fully saturated rings. The van der Waals surface area contributed by atoms with Crippen molar-refractivity contribution in [3.63, 3.8) is 0 Å². The van der Waals surface area contributed by atoms with Crippen molar-refractivity contribution in [2.45, 2.75) is 12.7 Å². The lowest BCUT2D eigenvalue weighted by Crippen LogP contribution is -2.38. The van der Waals surface area contributed by atoms with Crippen LogP contribution in [0.4, 0.5) is 13.2 Å². The van der Waals surface area contributed by atoms with Gasteiger partial charge in [-0.15, -0.1) is 35.3 Å². The minimum atomic E-state index is -4.33. The molecule has 0 aliphatic heterocycles. The van der Waals surface area contributed by atoms with Gasteiger partial charge >= 0.3 is 6.18 Å².